The van der Waals surface area contributed by atoms with E-state index in [9.17, 15) is 9.59 Å². The zero-order chi connectivity index (χ0) is 17.9. The van der Waals surface area contributed by atoms with Gasteiger partial charge in [0.05, 0.1) is 5.41 Å². The minimum atomic E-state index is -0.592. The van der Waals surface area contributed by atoms with Crippen molar-refractivity contribution in [3.63, 3.8) is 0 Å². The first-order chi connectivity index (χ1) is 12.0. The molecule has 1 aromatic heterocycles. The van der Waals surface area contributed by atoms with E-state index >= 15 is 0 Å². The molecule has 3 rings (SSSR count). The lowest BCUT2D eigenvalue weighted by molar-refractivity contribution is -0.130. The summed E-state index contributed by atoms with van der Waals surface area (Å²) in [5.41, 5.74) is 2.59. The Labute approximate surface area is 147 Å². The highest BCUT2D eigenvalue weighted by molar-refractivity contribution is 5.88. The highest BCUT2D eigenvalue weighted by Crippen LogP contribution is 2.35. The number of pyridine rings is 1. The Morgan fingerprint density at radius 2 is 1.88 bits per heavy atom. The van der Waals surface area contributed by atoms with Crippen LogP contribution in [0.3, 0.4) is 0 Å². The third-order valence-corrected chi connectivity index (χ3v) is 5.03. The lowest BCUT2D eigenvalue weighted by atomic mass is 9.73. The SMILES string of the molecule is Cc1cc(C)c(CNC(=O)C2(c3ccccc3)CCOCC2)c(=O)[nH]1. The topological polar surface area (TPSA) is 71.2 Å². The fourth-order valence-corrected chi connectivity index (χ4v) is 3.56. The molecule has 1 saturated heterocycles. The maximum absolute atomic E-state index is 13.1. The number of hydrogen-bond acceptors (Lipinski definition) is 3. The first-order valence-electron chi connectivity index (χ1n) is 8.64. The number of H-pyrrole nitrogens is 1. The monoisotopic (exact) mass is 340 g/mol. The Morgan fingerprint density at radius 1 is 1.20 bits per heavy atom. The Morgan fingerprint density at radius 3 is 2.52 bits per heavy atom. The first-order valence-corrected chi connectivity index (χ1v) is 8.64. The van der Waals surface area contributed by atoms with Gasteiger partial charge in [-0.2, -0.15) is 0 Å². The smallest absolute Gasteiger partial charge is 0.253 e. The van der Waals surface area contributed by atoms with E-state index in [4.69, 9.17) is 4.74 Å². The summed E-state index contributed by atoms with van der Waals surface area (Å²) >= 11 is 0. The van der Waals surface area contributed by atoms with Crippen LogP contribution in [0.2, 0.25) is 0 Å². The number of nitrogens with one attached hydrogen (secondary N) is 2. The Kier molecular flexibility index (Phi) is 5.04. The van der Waals surface area contributed by atoms with Gasteiger partial charge < -0.3 is 15.0 Å². The van der Waals surface area contributed by atoms with Crippen LogP contribution in [0.25, 0.3) is 0 Å². The fraction of sp³-hybridized carbons (Fsp3) is 0.400. The molecule has 2 N–H and O–H groups in total. The Bertz CT molecular complexity index is 805. The third kappa shape index (κ3) is 3.51. The number of aryl methyl sites for hydroxylation is 2. The van der Waals surface area contributed by atoms with Crippen molar-refractivity contribution in [2.45, 2.75) is 38.6 Å². The van der Waals surface area contributed by atoms with Gasteiger partial charge in [-0.1, -0.05) is 30.3 Å². The average molecular weight is 340 g/mol. The van der Waals surface area contributed by atoms with Crippen LogP contribution in [-0.4, -0.2) is 24.1 Å². The van der Waals surface area contributed by atoms with Gasteiger partial charge in [0.2, 0.25) is 5.91 Å². The maximum Gasteiger partial charge on any atom is 0.253 e. The van der Waals surface area contributed by atoms with Crippen LogP contribution in [-0.2, 0) is 21.5 Å². The molecule has 25 heavy (non-hydrogen) atoms. The zero-order valence-corrected chi connectivity index (χ0v) is 14.7. The number of aromatic nitrogens is 1. The Hall–Kier alpha value is -2.40. The van der Waals surface area contributed by atoms with Gasteiger partial charge in [0, 0.05) is 31.0 Å². The second-order valence-electron chi connectivity index (χ2n) is 6.69. The van der Waals surface area contributed by atoms with Crippen molar-refractivity contribution in [1.82, 2.24) is 10.3 Å². The molecule has 0 aliphatic carbocycles. The van der Waals surface area contributed by atoms with Crippen LogP contribution in [0.1, 0.15) is 35.2 Å². The van der Waals surface area contributed by atoms with Gasteiger partial charge in [-0.25, -0.2) is 0 Å². The van der Waals surface area contributed by atoms with Crippen molar-refractivity contribution >= 4 is 5.91 Å². The van der Waals surface area contributed by atoms with Gasteiger partial charge in [-0.3, -0.25) is 9.59 Å². The number of carbonyl (C=O) groups excluding carboxylic acids is 1. The molecule has 0 spiro atoms. The number of hydrogen-bond donors (Lipinski definition) is 2. The van der Waals surface area contributed by atoms with Crippen molar-refractivity contribution < 1.29 is 9.53 Å². The third-order valence-electron chi connectivity index (χ3n) is 5.03. The number of ether oxygens (including phenoxy) is 1. The second kappa shape index (κ2) is 7.23. The van der Waals surface area contributed by atoms with E-state index < -0.39 is 5.41 Å². The second-order valence-corrected chi connectivity index (χ2v) is 6.69. The average Bonchev–Trinajstić information content (AvgIpc) is 2.62. The van der Waals surface area contributed by atoms with E-state index in [-0.39, 0.29) is 18.0 Å². The van der Waals surface area contributed by atoms with Crippen molar-refractivity contribution in [3.8, 4) is 0 Å². The van der Waals surface area contributed by atoms with Gasteiger partial charge in [-0.15, -0.1) is 0 Å². The van der Waals surface area contributed by atoms with Crippen LogP contribution in [0.4, 0.5) is 0 Å². The number of aromatic amines is 1. The fourth-order valence-electron chi connectivity index (χ4n) is 3.56. The molecule has 2 heterocycles. The summed E-state index contributed by atoms with van der Waals surface area (Å²) in [7, 11) is 0. The van der Waals surface area contributed by atoms with E-state index in [2.05, 4.69) is 10.3 Å². The number of rotatable bonds is 4. The molecule has 5 nitrogen and oxygen atoms in total. The molecule has 0 radical (unpaired) electrons. The van der Waals surface area contributed by atoms with Crippen molar-refractivity contribution in [3.05, 3.63) is 69.1 Å². The number of amides is 1. The molecule has 132 valence electrons. The lowest BCUT2D eigenvalue weighted by Crippen LogP contribution is -2.48. The highest BCUT2D eigenvalue weighted by Gasteiger charge is 2.41. The van der Waals surface area contributed by atoms with Crippen molar-refractivity contribution in [2.24, 2.45) is 0 Å². The maximum atomic E-state index is 13.1. The van der Waals surface area contributed by atoms with Gasteiger partial charge >= 0.3 is 0 Å². The normalized spacial score (nSPS) is 16.4. The van der Waals surface area contributed by atoms with Crippen LogP contribution >= 0.6 is 0 Å². The predicted molar refractivity (Wildman–Crippen MR) is 96.6 cm³/mol. The molecular formula is C20H24N2O3. The standard InChI is InChI=1S/C20H24N2O3/c1-14-12-15(2)22-18(23)17(14)13-21-19(24)20(8-10-25-11-9-20)16-6-4-3-5-7-16/h3-7,12H,8-11,13H2,1-2H3,(H,21,24)(H,22,23). The van der Waals surface area contributed by atoms with Crippen LogP contribution in [0.15, 0.2) is 41.2 Å². The van der Waals surface area contributed by atoms with Crippen LogP contribution in [0.5, 0.6) is 0 Å². The molecule has 1 aromatic carbocycles. The summed E-state index contributed by atoms with van der Waals surface area (Å²) in [6.07, 6.45) is 1.29. The number of carbonyl (C=O) groups is 1. The van der Waals surface area contributed by atoms with E-state index in [0.29, 0.717) is 31.6 Å². The molecule has 0 unspecified atom stereocenters. The predicted octanol–water partition coefficient (Wildman–Crippen LogP) is 2.36. The van der Waals surface area contributed by atoms with E-state index in [1.807, 2.05) is 50.2 Å². The molecule has 1 amide bonds. The summed E-state index contributed by atoms with van der Waals surface area (Å²) in [6, 6.07) is 11.8. The molecule has 1 aliphatic rings. The molecule has 2 aromatic rings. The summed E-state index contributed by atoms with van der Waals surface area (Å²) < 4.78 is 5.48. The minimum Gasteiger partial charge on any atom is -0.381 e. The summed E-state index contributed by atoms with van der Waals surface area (Å²) in [6.45, 7) is 5.10. The van der Waals surface area contributed by atoms with Crippen LogP contribution in [0, 0.1) is 13.8 Å². The molecule has 0 atom stereocenters. The van der Waals surface area contributed by atoms with Crippen molar-refractivity contribution in [1.29, 1.82) is 0 Å². The molecule has 0 bridgehead atoms. The van der Waals surface area contributed by atoms with Gasteiger partial charge in [0.25, 0.3) is 5.56 Å². The number of benzene rings is 1. The van der Waals surface area contributed by atoms with Gasteiger partial charge in [0.1, 0.15) is 0 Å². The molecular weight excluding hydrogens is 316 g/mol. The largest absolute Gasteiger partial charge is 0.381 e. The lowest BCUT2D eigenvalue weighted by Gasteiger charge is -2.36. The summed E-state index contributed by atoms with van der Waals surface area (Å²) in [5.74, 6) is -0.0404. The minimum absolute atomic E-state index is 0.0404. The van der Waals surface area contributed by atoms with Gasteiger partial charge in [0.15, 0.2) is 0 Å². The summed E-state index contributed by atoms with van der Waals surface area (Å²) in [4.78, 5) is 28.1. The van der Waals surface area contributed by atoms with E-state index in [1.54, 1.807) is 0 Å². The first kappa shape index (κ1) is 17.4. The van der Waals surface area contributed by atoms with Gasteiger partial charge in [-0.05, 0) is 43.9 Å². The highest BCUT2D eigenvalue weighted by atomic mass is 16.5. The quantitative estimate of drug-likeness (QED) is 0.897. The van der Waals surface area contributed by atoms with E-state index in [0.717, 1.165) is 16.8 Å². The Balaban J connectivity index is 1.84. The molecule has 1 fully saturated rings. The summed E-state index contributed by atoms with van der Waals surface area (Å²) in [5, 5.41) is 2.99. The van der Waals surface area contributed by atoms with E-state index in [1.165, 1.54) is 0 Å². The molecule has 0 saturated carbocycles. The zero-order valence-electron chi connectivity index (χ0n) is 14.7. The van der Waals surface area contributed by atoms with Crippen molar-refractivity contribution in [2.75, 3.05) is 13.2 Å². The van der Waals surface area contributed by atoms with Crippen LogP contribution < -0.4 is 10.9 Å². The molecule has 1 aliphatic heterocycles. The molecule has 5 heteroatoms.